The number of halogens is 5. The fourth-order valence-corrected chi connectivity index (χ4v) is 3.33. The number of hydrogen-bond acceptors (Lipinski definition) is 4. The number of primary amides is 1. The van der Waals surface area contributed by atoms with Gasteiger partial charge in [-0.25, -0.2) is 9.37 Å². The summed E-state index contributed by atoms with van der Waals surface area (Å²) in [6, 6.07) is 4.00. The van der Waals surface area contributed by atoms with Crippen molar-refractivity contribution in [2.24, 2.45) is 11.7 Å². The molecule has 2 aromatic rings. The molecule has 0 unspecified atom stereocenters. The lowest BCUT2D eigenvalue weighted by Gasteiger charge is -2.21. The van der Waals surface area contributed by atoms with Gasteiger partial charge in [0.2, 0.25) is 5.91 Å². The number of H-pyrrole nitrogens is 1. The van der Waals surface area contributed by atoms with E-state index in [2.05, 4.69) is 15.3 Å². The Balaban J connectivity index is 0.000000234. The van der Waals surface area contributed by atoms with Gasteiger partial charge in [0.1, 0.15) is 18.1 Å². The summed E-state index contributed by atoms with van der Waals surface area (Å²) in [5, 5.41) is 4.59. The molecule has 180 valence electrons. The number of aromatic amines is 1. The monoisotopic (exact) mass is 491 g/mol. The number of carbonyl (C=O) groups is 3. The zero-order valence-electron chi connectivity index (χ0n) is 17.3. The van der Waals surface area contributed by atoms with Crippen LogP contribution in [0, 0.1) is 11.7 Å². The maximum atomic E-state index is 12.8. The molecule has 0 spiro atoms. The van der Waals surface area contributed by atoms with Crippen LogP contribution >= 0.6 is 11.6 Å². The maximum absolute atomic E-state index is 12.8. The second-order valence-corrected chi connectivity index (χ2v) is 7.64. The predicted molar refractivity (Wildman–Crippen MR) is 112 cm³/mol. The first-order valence-corrected chi connectivity index (χ1v) is 10.3. The third kappa shape index (κ3) is 8.37. The number of nitrogens with zero attached hydrogens (tertiary/aromatic N) is 1. The van der Waals surface area contributed by atoms with E-state index >= 15 is 0 Å². The van der Waals surface area contributed by atoms with Gasteiger partial charge in [-0.15, -0.1) is 0 Å². The van der Waals surface area contributed by atoms with Gasteiger partial charge in [-0.3, -0.25) is 14.4 Å². The van der Waals surface area contributed by atoms with Crippen molar-refractivity contribution in [3.05, 3.63) is 46.8 Å². The van der Waals surface area contributed by atoms with Crippen LogP contribution in [0.5, 0.6) is 0 Å². The van der Waals surface area contributed by atoms with Gasteiger partial charge in [-0.2, -0.15) is 13.2 Å². The summed E-state index contributed by atoms with van der Waals surface area (Å²) in [5.74, 6) is -2.42. The molecule has 1 aliphatic carbocycles. The Hall–Kier alpha value is -3.15. The van der Waals surface area contributed by atoms with Crippen LogP contribution in [0.2, 0.25) is 5.02 Å². The average Bonchev–Trinajstić information content (AvgIpc) is 3.25. The maximum Gasteiger partial charge on any atom is 0.405 e. The molecule has 1 aromatic heterocycles. The van der Waals surface area contributed by atoms with Gasteiger partial charge in [0.25, 0.3) is 11.8 Å². The molecule has 8 nitrogen and oxygen atoms in total. The standard InChI is InChI=1S/C13H15ClFNO.C7H7F3N4O2/c14-11-8-10(15)6-7-12(11)16-13(17)9-4-2-1-3-5-9;8-7(9,10)1-12-6(16)4-3(5(11)15)13-2-14-4/h6-9H,1-5H2,(H,16,17);2H,1H2,(H2,11,15)(H,12,16)(H,13,14). The number of imidazole rings is 1. The van der Waals surface area contributed by atoms with Crippen molar-refractivity contribution in [2.45, 2.75) is 38.3 Å². The second kappa shape index (κ2) is 11.6. The second-order valence-electron chi connectivity index (χ2n) is 7.24. The third-order valence-electron chi connectivity index (χ3n) is 4.71. The van der Waals surface area contributed by atoms with Gasteiger partial charge >= 0.3 is 6.18 Å². The minimum atomic E-state index is -4.53. The highest BCUT2D eigenvalue weighted by atomic mass is 35.5. The first-order chi connectivity index (χ1) is 15.5. The lowest BCUT2D eigenvalue weighted by atomic mass is 9.88. The Labute approximate surface area is 191 Å². The van der Waals surface area contributed by atoms with Gasteiger partial charge in [-0.05, 0) is 31.0 Å². The lowest BCUT2D eigenvalue weighted by Crippen LogP contribution is -2.35. The fraction of sp³-hybridized carbons (Fsp3) is 0.400. The van der Waals surface area contributed by atoms with Crippen molar-refractivity contribution in [3.63, 3.8) is 0 Å². The molecular formula is C20H22ClF4N5O3. The molecule has 1 aromatic carbocycles. The minimum Gasteiger partial charge on any atom is -0.364 e. The highest BCUT2D eigenvalue weighted by Gasteiger charge is 2.29. The summed E-state index contributed by atoms with van der Waals surface area (Å²) in [7, 11) is 0. The number of carbonyl (C=O) groups excluding carboxylic acids is 3. The van der Waals surface area contributed by atoms with Gasteiger partial charge in [0, 0.05) is 5.92 Å². The summed E-state index contributed by atoms with van der Waals surface area (Å²) >= 11 is 5.86. The van der Waals surface area contributed by atoms with Crippen LogP contribution in [0.1, 0.15) is 53.1 Å². The Morgan fingerprint density at radius 2 is 1.85 bits per heavy atom. The topological polar surface area (TPSA) is 130 Å². The fourth-order valence-electron chi connectivity index (χ4n) is 3.11. The highest BCUT2D eigenvalue weighted by Crippen LogP contribution is 2.27. The molecule has 5 N–H and O–H groups in total. The minimum absolute atomic E-state index is 0.00166. The Bertz CT molecular complexity index is 990. The SMILES string of the molecule is NC(=O)c1nc[nH]c1C(=O)NCC(F)(F)F.O=C(Nc1ccc(F)cc1Cl)C1CCCCC1. The lowest BCUT2D eigenvalue weighted by molar-refractivity contribution is -0.123. The number of aromatic nitrogens is 2. The van der Waals surface area contributed by atoms with Gasteiger partial charge in [0.05, 0.1) is 17.0 Å². The molecule has 1 aliphatic rings. The van der Waals surface area contributed by atoms with Crippen LogP contribution in [0.25, 0.3) is 0 Å². The van der Waals surface area contributed by atoms with Crippen LogP contribution in [0.4, 0.5) is 23.2 Å². The molecular weight excluding hydrogens is 470 g/mol. The number of anilines is 1. The number of nitrogens with two attached hydrogens (primary N) is 1. The van der Waals surface area contributed by atoms with E-state index in [1.807, 2.05) is 0 Å². The number of alkyl halides is 3. The van der Waals surface area contributed by atoms with E-state index in [1.54, 1.807) is 5.32 Å². The Morgan fingerprint density at radius 1 is 1.18 bits per heavy atom. The van der Waals surface area contributed by atoms with E-state index < -0.39 is 41.7 Å². The third-order valence-corrected chi connectivity index (χ3v) is 5.03. The van der Waals surface area contributed by atoms with Gasteiger partial charge in [-0.1, -0.05) is 30.9 Å². The highest BCUT2D eigenvalue weighted by molar-refractivity contribution is 6.33. The van der Waals surface area contributed by atoms with Crippen LogP contribution in [0.3, 0.4) is 0 Å². The summed E-state index contributed by atoms with van der Waals surface area (Å²) in [6.07, 6.45) is 1.76. The molecule has 0 bridgehead atoms. The van der Waals surface area contributed by atoms with Crippen LogP contribution in [-0.4, -0.2) is 40.4 Å². The van der Waals surface area contributed by atoms with Crippen molar-refractivity contribution < 1.29 is 31.9 Å². The van der Waals surface area contributed by atoms with Crippen molar-refractivity contribution in [1.29, 1.82) is 0 Å². The summed E-state index contributed by atoms with van der Waals surface area (Å²) in [4.78, 5) is 39.5. The van der Waals surface area contributed by atoms with Crippen molar-refractivity contribution in [3.8, 4) is 0 Å². The first-order valence-electron chi connectivity index (χ1n) is 9.92. The number of hydrogen-bond donors (Lipinski definition) is 4. The molecule has 3 amide bonds. The van der Waals surface area contributed by atoms with E-state index in [1.165, 1.54) is 24.6 Å². The Kier molecular flexibility index (Phi) is 9.21. The summed E-state index contributed by atoms with van der Waals surface area (Å²) < 4.78 is 48.2. The number of rotatable bonds is 5. The molecule has 0 atom stereocenters. The van der Waals surface area contributed by atoms with Crippen LogP contribution in [-0.2, 0) is 4.79 Å². The molecule has 0 saturated heterocycles. The molecule has 3 rings (SSSR count). The number of nitrogens with one attached hydrogen (secondary N) is 3. The smallest absolute Gasteiger partial charge is 0.364 e. The Morgan fingerprint density at radius 3 is 2.42 bits per heavy atom. The average molecular weight is 492 g/mol. The zero-order valence-corrected chi connectivity index (χ0v) is 18.0. The van der Waals surface area contributed by atoms with E-state index in [0.29, 0.717) is 5.69 Å². The normalized spacial score (nSPS) is 14.1. The van der Waals surface area contributed by atoms with E-state index in [-0.39, 0.29) is 16.8 Å². The van der Waals surface area contributed by atoms with E-state index in [9.17, 15) is 31.9 Å². The number of benzene rings is 1. The van der Waals surface area contributed by atoms with Crippen molar-refractivity contribution in [2.75, 3.05) is 11.9 Å². The van der Waals surface area contributed by atoms with Crippen molar-refractivity contribution >= 4 is 35.0 Å². The first kappa shape index (κ1) is 26.1. The predicted octanol–water partition coefficient (Wildman–Crippen LogP) is 3.80. The number of amides is 3. The molecule has 13 heteroatoms. The van der Waals surface area contributed by atoms with Crippen LogP contribution in [0.15, 0.2) is 24.5 Å². The van der Waals surface area contributed by atoms with Gasteiger partial charge in [0.15, 0.2) is 5.69 Å². The summed E-state index contributed by atoms with van der Waals surface area (Å²) in [6.45, 7) is -1.50. The van der Waals surface area contributed by atoms with Crippen molar-refractivity contribution in [1.82, 2.24) is 15.3 Å². The largest absolute Gasteiger partial charge is 0.405 e. The molecule has 33 heavy (non-hydrogen) atoms. The molecule has 1 fully saturated rings. The molecule has 0 radical (unpaired) electrons. The van der Waals surface area contributed by atoms with E-state index in [4.69, 9.17) is 17.3 Å². The van der Waals surface area contributed by atoms with Gasteiger partial charge < -0.3 is 21.4 Å². The molecule has 1 saturated carbocycles. The zero-order chi connectivity index (χ0) is 24.6. The molecule has 0 aliphatic heterocycles. The molecule has 1 heterocycles. The summed E-state index contributed by atoms with van der Waals surface area (Å²) in [5.41, 5.74) is 4.55. The quantitative estimate of drug-likeness (QED) is 0.474. The van der Waals surface area contributed by atoms with Crippen LogP contribution < -0.4 is 16.4 Å². The van der Waals surface area contributed by atoms with E-state index in [0.717, 1.165) is 32.0 Å².